The van der Waals surface area contributed by atoms with Crippen LogP contribution in [-0.2, 0) is 5.41 Å². The number of hydrogen-bond donors (Lipinski definition) is 0. The van der Waals surface area contributed by atoms with Gasteiger partial charge in [-0.2, -0.15) is 0 Å². The molecule has 0 spiro atoms. The van der Waals surface area contributed by atoms with E-state index in [4.69, 9.17) is 4.74 Å². The summed E-state index contributed by atoms with van der Waals surface area (Å²) in [6.45, 7) is 10.6. The van der Waals surface area contributed by atoms with E-state index in [2.05, 4.69) is 33.8 Å². The molecule has 2 heteroatoms. The molecule has 0 radical (unpaired) electrons. The molecule has 1 aliphatic heterocycles. The highest BCUT2D eigenvalue weighted by Gasteiger charge is 2.39. The van der Waals surface area contributed by atoms with Crippen LogP contribution in [0.2, 0.25) is 0 Å². The maximum Gasteiger partial charge on any atom is 0.150 e. The molecule has 1 heterocycles. The Hall–Kier alpha value is -1.31. The van der Waals surface area contributed by atoms with Gasteiger partial charge in [0.05, 0.1) is 0 Å². The molecular weight excluding hydrogens is 212 g/mol. The van der Waals surface area contributed by atoms with Crippen molar-refractivity contribution in [2.75, 3.05) is 0 Å². The van der Waals surface area contributed by atoms with Gasteiger partial charge in [-0.25, -0.2) is 0 Å². The Bertz CT molecular complexity index is 470. The van der Waals surface area contributed by atoms with Gasteiger partial charge in [-0.1, -0.05) is 19.9 Å². The minimum atomic E-state index is -0.175. The molecule has 0 unspecified atom stereocenters. The molecule has 0 saturated carbocycles. The highest BCUT2D eigenvalue weighted by Crippen LogP contribution is 2.45. The van der Waals surface area contributed by atoms with E-state index in [0.717, 1.165) is 29.6 Å². The van der Waals surface area contributed by atoms with Crippen molar-refractivity contribution in [3.8, 4) is 5.75 Å². The molecule has 0 atom stereocenters. The van der Waals surface area contributed by atoms with Gasteiger partial charge >= 0.3 is 0 Å². The van der Waals surface area contributed by atoms with Crippen molar-refractivity contribution in [3.05, 3.63) is 28.8 Å². The molecule has 0 saturated heterocycles. The van der Waals surface area contributed by atoms with Gasteiger partial charge in [-0.3, -0.25) is 4.79 Å². The van der Waals surface area contributed by atoms with Crippen molar-refractivity contribution < 1.29 is 9.53 Å². The highest BCUT2D eigenvalue weighted by molar-refractivity contribution is 5.78. The van der Waals surface area contributed by atoms with Crippen LogP contribution in [0.25, 0.3) is 0 Å². The zero-order valence-electron chi connectivity index (χ0n) is 11.3. The number of benzene rings is 1. The summed E-state index contributed by atoms with van der Waals surface area (Å²) in [7, 11) is 0. The molecule has 2 nitrogen and oxygen atoms in total. The van der Waals surface area contributed by atoms with Crippen LogP contribution in [0.5, 0.6) is 5.75 Å². The van der Waals surface area contributed by atoms with E-state index >= 15 is 0 Å². The Morgan fingerprint density at radius 1 is 1.24 bits per heavy atom. The summed E-state index contributed by atoms with van der Waals surface area (Å²) in [6, 6.07) is 3.97. The van der Waals surface area contributed by atoms with Crippen molar-refractivity contribution in [1.29, 1.82) is 0 Å². The van der Waals surface area contributed by atoms with Gasteiger partial charge in [0.1, 0.15) is 17.6 Å². The van der Waals surface area contributed by atoms with Gasteiger partial charge in [-0.15, -0.1) is 0 Å². The Morgan fingerprint density at radius 3 is 2.47 bits per heavy atom. The fraction of sp³-hybridized carbons (Fsp3) is 0.533. The minimum Gasteiger partial charge on any atom is -0.488 e. The summed E-state index contributed by atoms with van der Waals surface area (Å²) in [6.07, 6.45) is 1.88. The van der Waals surface area contributed by atoms with Gasteiger partial charge in [0.15, 0.2) is 0 Å². The molecule has 0 bridgehead atoms. The number of aldehydes is 1. The normalized spacial score (nSPS) is 20.3. The summed E-state index contributed by atoms with van der Waals surface area (Å²) in [5.41, 5.74) is 2.86. The molecule has 0 aromatic heterocycles. The van der Waals surface area contributed by atoms with Crippen molar-refractivity contribution in [3.63, 3.8) is 0 Å². The van der Waals surface area contributed by atoms with E-state index in [1.54, 1.807) is 0 Å². The number of rotatable bonds is 1. The molecule has 2 rings (SSSR count). The van der Waals surface area contributed by atoms with Gasteiger partial charge in [0.2, 0.25) is 0 Å². The third-order valence-corrected chi connectivity index (χ3v) is 3.48. The number of hydrogen-bond acceptors (Lipinski definition) is 2. The topological polar surface area (TPSA) is 26.3 Å². The predicted octanol–water partition coefficient (Wildman–Crippen LogP) is 3.65. The Balaban J connectivity index is 2.62. The van der Waals surface area contributed by atoms with E-state index < -0.39 is 0 Å². The first-order valence-corrected chi connectivity index (χ1v) is 6.04. The summed E-state index contributed by atoms with van der Waals surface area (Å²) >= 11 is 0. The van der Waals surface area contributed by atoms with Gasteiger partial charge in [0.25, 0.3) is 0 Å². The number of fused-ring (bicyclic) bond motifs is 1. The zero-order chi connectivity index (χ0) is 12.8. The van der Waals surface area contributed by atoms with Crippen LogP contribution < -0.4 is 4.74 Å². The first-order valence-electron chi connectivity index (χ1n) is 6.04. The van der Waals surface area contributed by atoms with Crippen LogP contribution in [-0.4, -0.2) is 11.9 Å². The SMILES string of the molecule is Cc1cc2c(cc1C=O)OC(C)(C)CC2(C)C. The number of carbonyl (C=O) groups is 1. The van der Waals surface area contributed by atoms with Gasteiger partial charge in [-0.05, 0) is 44.2 Å². The lowest BCUT2D eigenvalue weighted by atomic mass is 9.73. The number of carbonyl (C=O) groups excluding carboxylic acids is 1. The van der Waals surface area contributed by atoms with E-state index in [1.165, 1.54) is 5.56 Å². The first kappa shape index (κ1) is 12.2. The molecule has 1 aromatic rings. The van der Waals surface area contributed by atoms with Crippen LogP contribution in [0.4, 0.5) is 0 Å². The predicted molar refractivity (Wildman–Crippen MR) is 68.9 cm³/mol. The van der Waals surface area contributed by atoms with Crippen molar-refractivity contribution in [2.24, 2.45) is 0 Å². The third kappa shape index (κ3) is 2.08. The Kier molecular flexibility index (Phi) is 2.57. The molecule has 17 heavy (non-hydrogen) atoms. The molecule has 0 aliphatic carbocycles. The number of aryl methyl sites for hydroxylation is 1. The fourth-order valence-electron chi connectivity index (χ4n) is 2.94. The summed E-state index contributed by atoms with van der Waals surface area (Å²) in [4.78, 5) is 11.0. The maximum absolute atomic E-state index is 11.0. The first-order chi connectivity index (χ1) is 7.75. The lowest BCUT2D eigenvalue weighted by Gasteiger charge is -2.42. The minimum absolute atomic E-state index is 0.0866. The van der Waals surface area contributed by atoms with E-state index in [9.17, 15) is 4.79 Å². The summed E-state index contributed by atoms with van der Waals surface area (Å²) in [5.74, 6) is 0.860. The molecule has 0 fully saturated rings. The number of ether oxygens (including phenoxy) is 1. The zero-order valence-corrected chi connectivity index (χ0v) is 11.3. The molecule has 1 aliphatic rings. The maximum atomic E-state index is 11.0. The van der Waals surface area contributed by atoms with E-state index in [1.807, 2.05) is 13.0 Å². The van der Waals surface area contributed by atoms with Crippen LogP contribution in [0.1, 0.15) is 55.6 Å². The average Bonchev–Trinajstić information content (AvgIpc) is 2.16. The third-order valence-electron chi connectivity index (χ3n) is 3.48. The van der Waals surface area contributed by atoms with Crippen molar-refractivity contribution in [2.45, 2.75) is 52.1 Å². The quantitative estimate of drug-likeness (QED) is 0.691. The fourth-order valence-corrected chi connectivity index (χ4v) is 2.94. The summed E-state index contributed by atoms with van der Waals surface area (Å²) in [5, 5.41) is 0. The molecule has 0 amide bonds. The van der Waals surface area contributed by atoms with Crippen molar-refractivity contribution >= 4 is 6.29 Å². The van der Waals surface area contributed by atoms with E-state index in [0.29, 0.717) is 0 Å². The molecule has 92 valence electrons. The van der Waals surface area contributed by atoms with Crippen LogP contribution in [0, 0.1) is 6.92 Å². The smallest absolute Gasteiger partial charge is 0.150 e. The largest absolute Gasteiger partial charge is 0.488 e. The van der Waals surface area contributed by atoms with Crippen LogP contribution >= 0.6 is 0 Å². The second-order valence-electron chi connectivity index (χ2n) is 6.25. The van der Waals surface area contributed by atoms with Gasteiger partial charge in [0, 0.05) is 11.1 Å². The van der Waals surface area contributed by atoms with E-state index in [-0.39, 0.29) is 11.0 Å². The second-order valence-corrected chi connectivity index (χ2v) is 6.25. The average molecular weight is 232 g/mol. The highest BCUT2D eigenvalue weighted by atomic mass is 16.5. The Morgan fingerprint density at radius 2 is 1.88 bits per heavy atom. The second kappa shape index (κ2) is 3.59. The lowest BCUT2D eigenvalue weighted by molar-refractivity contribution is 0.0532. The Labute approximate surface area is 103 Å². The summed E-state index contributed by atoms with van der Waals surface area (Å²) < 4.78 is 5.99. The van der Waals surface area contributed by atoms with Gasteiger partial charge < -0.3 is 4.74 Å². The monoisotopic (exact) mass is 232 g/mol. The van der Waals surface area contributed by atoms with Crippen molar-refractivity contribution in [1.82, 2.24) is 0 Å². The standard InChI is InChI=1S/C15H20O2/c1-10-6-12-13(7-11(10)8-16)17-15(4,5)9-14(12,2)3/h6-8H,9H2,1-5H3. The molecular formula is C15H20O2. The van der Waals surface area contributed by atoms with Crippen LogP contribution in [0.15, 0.2) is 12.1 Å². The van der Waals surface area contributed by atoms with Crippen LogP contribution in [0.3, 0.4) is 0 Å². The lowest BCUT2D eigenvalue weighted by Crippen LogP contribution is -2.41. The molecule has 1 aromatic carbocycles. The molecule has 0 N–H and O–H groups in total.